The molecule has 0 amide bonds. The molecule has 0 N–H and O–H groups in total. The highest BCUT2D eigenvalue weighted by molar-refractivity contribution is 7.14. The molecule has 2 aromatic rings. The fourth-order valence-corrected chi connectivity index (χ4v) is 3.07. The van der Waals surface area contributed by atoms with Gasteiger partial charge in [0.25, 0.3) is 0 Å². The monoisotopic (exact) mass is 330 g/mol. The Bertz CT molecular complexity index is 590. The average Bonchev–Trinajstić information content (AvgIpc) is 3.04. The highest BCUT2D eigenvalue weighted by atomic mass is 32.1. The minimum Gasteiger partial charge on any atom is -0.490 e. The third-order valence-electron chi connectivity index (χ3n) is 3.53. The molecule has 0 saturated heterocycles. The molecule has 23 heavy (non-hydrogen) atoms. The Kier molecular flexibility index (Phi) is 7.81. The fraction of sp³-hybridized carbons (Fsp3) is 0.474. The van der Waals surface area contributed by atoms with E-state index in [4.69, 9.17) is 4.74 Å². The molecule has 0 aliphatic carbocycles. The second kappa shape index (κ2) is 10.2. The van der Waals surface area contributed by atoms with E-state index in [1.165, 1.54) is 25.7 Å². The molecule has 0 bridgehead atoms. The topological polar surface area (TPSA) is 35.0 Å². The summed E-state index contributed by atoms with van der Waals surface area (Å²) >= 11 is 1.70. The second-order valence-corrected chi connectivity index (χ2v) is 6.62. The quantitative estimate of drug-likeness (QED) is 0.415. The molecule has 1 heterocycles. The molecule has 1 aromatic heterocycles. The van der Waals surface area contributed by atoms with Crippen molar-refractivity contribution in [1.82, 2.24) is 10.2 Å². The lowest BCUT2D eigenvalue weighted by Crippen LogP contribution is -1.92. The van der Waals surface area contributed by atoms with Gasteiger partial charge in [0, 0.05) is 12.0 Å². The van der Waals surface area contributed by atoms with Crippen molar-refractivity contribution in [2.24, 2.45) is 0 Å². The van der Waals surface area contributed by atoms with Crippen LogP contribution >= 0.6 is 11.3 Å². The van der Waals surface area contributed by atoms with Gasteiger partial charge >= 0.3 is 0 Å². The van der Waals surface area contributed by atoms with Crippen molar-refractivity contribution >= 4 is 11.3 Å². The number of aryl methyl sites for hydroxylation is 1. The summed E-state index contributed by atoms with van der Waals surface area (Å²) in [6.45, 7) is 5.01. The molecule has 1 aromatic carbocycles. The Balaban J connectivity index is 1.86. The minimum atomic E-state index is 0.625. The van der Waals surface area contributed by atoms with Gasteiger partial charge in [0.15, 0.2) is 0 Å². The van der Waals surface area contributed by atoms with E-state index >= 15 is 0 Å². The van der Waals surface area contributed by atoms with Crippen molar-refractivity contribution in [3.63, 3.8) is 0 Å². The zero-order chi connectivity index (χ0) is 16.3. The molecule has 0 fully saturated rings. The molecule has 2 rings (SSSR count). The SMILES string of the molecule is CCC/C=C/COc1ccc(-c2nnc(CCCCC)s2)cc1. The third-order valence-corrected chi connectivity index (χ3v) is 4.56. The van der Waals surface area contributed by atoms with Crippen LogP contribution in [-0.4, -0.2) is 16.8 Å². The van der Waals surface area contributed by atoms with Crippen LogP contribution in [0.2, 0.25) is 0 Å². The number of hydrogen-bond donors (Lipinski definition) is 0. The van der Waals surface area contributed by atoms with Crippen LogP contribution < -0.4 is 4.74 Å². The Hall–Kier alpha value is -1.68. The second-order valence-electron chi connectivity index (χ2n) is 5.55. The zero-order valence-corrected chi connectivity index (χ0v) is 14.9. The lowest BCUT2D eigenvalue weighted by Gasteiger charge is -2.03. The largest absolute Gasteiger partial charge is 0.490 e. The van der Waals surface area contributed by atoms with Crippen molar-refractivity contribution in [3.8, 4) is 16.3 Å². The predicted octanol–water partition coefficient (Wildman–Crippen LogP) is 5.67. The number of unbranched alkanes of at least 4 members (excludes halogenated alkanes) is 3. The van der Waals surface area contributed by atoms with E-state index in [-0.39, 0.29) is 0 Å². The molecular weight excluding hydrogens is 304 g/mol. The maximum Gasteiger partial charge on any atom is 0.147 e. The molecule has 0 radical (unpaired) electrons. The van der Waals surface area contributed by atoms with E-state index in [9.17, 15) is 0 Å². The van der Waals surface area contributed by atoms with Gasteiger partial charge in [-0.15, -0.1) is 10.2 Å². The summed E-state index contributed by atoms with van der Waals surface area (Å²) in [5.41, 5.74) is 1.11. The number of rotatable bonds is 10. The number of allylic oxidation sites excluding steroid dienone is 1. The van der Waals surface area contributed by atoms with E-state index in [2.05, 4.69) is 48.3 Å². The van der Waals surface area contributed by atoms with Gasteiger partial charge in [-0.25, -0.2) is 0 Å². The van der Waals surface area contributed by atoms with Gasteiger partial charge in [0.1, 0.15) is 22.4 Å². The van der Waals surface area contributed by atoms with Gasteiger partial charge in [0.2, 0.25) is 0 Å². The lowest BCUT2D eigenvalue weighted by molar-refractivity contribution is 0.362. The first kappa shape index (κ1) is 17.7. The summed E-state index contributed by atoms with van der Waals surface area (Å²) in [6.07, 6.45) is 11.3. The van der Waals surface area contributed by atoms with Crippen LogP contribution in [0.25, 0.3) is 10.6 Å². The van der Waals surface area contributed by atoms with Gasteiger partial charge in [0.05, 0.1) is 0 Å². The van der Waals surface area contributed by atoms with Crippen LogP contribution in [0.15, 0.2) is 36.4 Å². The molecule has 4 heteroatoms. The summed E-state index contributed by atoms with van der Waals surface area (Å²) in [6, 6.07) is 8.12. The number of aromatic nitrogens is 2. The van der Waals surface area contributed by atoms with Crippen molar-refractivity contribution in [1.29, 1.82) is 0 Å². The number of benzene rings is 1. The van der Waals surface area contributed by atoms with E-state index in [0.717, 1.165) is 34.2 Å². The van der Waals surface area contributed by atoms with Crippen molar-refractivity contribution in [2.45, 2.75) is 52.4 Å². The summed E-state index contributed by atoms with van der Waals surface area (Å²) in [4.78, 5) is 0. The first-order chi connectivity index (χ1) is 11.3. The van der Waals surface area contributed by atoms with E-state index < -0.39 is 0 Å². The first-order valence-electron chi connectivity index (χ1n) is 8.54. The average molecular weight is 330 g/mol. The van der Waals surface area contributed by atoms with Gasteiger partial charge in [-0.05, 0) is 37.1 Å². The summed E-state index contributed by atoms with van der Waals surface area (Å²) in [7, 11) is 0. The Morgan fingerprint density at radius 2 is 1.83 bits per heavy atom. The molecule has 0 unspecified atom stereocenters. The van der Waals surface area contributed by atoms with E-state index in [0.29, 0.717) is 6.61 Å². The zero-order valence-electron chi connectivity index (χ0n) is 14.1. The smallest absolute Gasteiger partial charge is 0.147 e. The molecule has 124 valence electrons. The summed E-state index contributed by atoms with van der Waals surface area (Å²) < 4.78 is 5.69. The Morgan fingerprint density at radius 3 is 2.57 bits per heavy atom. The molecule has 0 aliphatic rings. The first-order valence-corrected chi connectivity index (χ1v) is 9.35. The molecule has 0 saturated carbocycles. The van der Waals surface area contributed by atoms with E-state index in [1.807, 2.05) is 12.1 Å². The van der Waals surface area contributed by atoms with E-state index in [1.54, 1.807) is 11.3 Å². The van der Waals surface area contributed by atoms with Crippen LogP contribution in [0.1, 0.15) is 51.0 Å². The Morgan fingerprint density at radius 1 is 1.00 bits per heavy atom. The molecule has 0 spiro atoms. The summed E-state index contributed by atoms with van der Waals surface area (Å²) in [5, 5.41) is 10.7. The molecule has 0 aliphatic heterocycles. The maximum absolute atomic E-state index is 5.69. The fourth-order valence-electron chi connectivity index (χ4n) is 2.19. The van der Waals surface area contributed by atoms with Crippen LogP contribution in [0.4, 0.5) is 0 Å². The highest BCUT2D eigenvalue weighted by Gasteiger charge is 2.06. The van der Waals surface area contributed by atoms with Gasteiger partial charge in [-0.3, -0.25) is 0 Å². The number of ether oxygens (including phenoxy) is 1. The number of hydrogen-bond acceptors (Lipinski definition) is 4. The lowest BCUT2D eigenvalue weighted by atomic mass is 10.2. The van der Waals surface area contributed by atoms with Gasteiger partial charge in [-0.1, -0.05) is 56.6 Å². The van der Waals surface area contributed by atoms with Crippen LogP contribution in [0.5, 0.6) is 5.75 Å². The van der Waals surface area contributed by atoms with Crippen LogP contribution in [0, 0.1) is 0 Å². The summed E-state index contributed by atoms with van der Waals surface area (Å²) in [5.74, 6) is 0.891. The minimum absolute atomic E-state index is 0.625. The molecular formula is C19H26N2OS. The maximum atomic E-state index is 5.69. The number of nitrogens with zero attached hydrogens (tertiary/aromatic N) is 2. The van der Waals surface area contributed by atoms with Gasteiger partial charge in [-0.2, -0.15) is 0 Å². The third kappa shape index (κ3) is 6.14. The standard InChI is InChI=1S/C19H26N2OS/c1-3-5-7-9-15-22-17-13-11-16(12-14-17)19-21-20-18(23-19)10-8-6-4-2/h7,9,11-14H,3-6,8,10,15H2,1-2H3/b9-7+. The van der Waals surface area contributed by atoms with Gasteiger partial charge < -0.3 is 4.74 Å². The van der Waals surface area contributed by atoms with Crippen LogP contribution in [-0.2, 0) is 6.42 Å². The highest BCUT2D eigenvalue weighted by Crippen LogP contribution is 2.26. The van der Waals surface area contributed by atoms with Crippen molar-refractivity contribution in [2.75, 3.05) is 6.61 Å². The predicted molar refractivity (Wildman–Crippen MR) is 98.1 cm³/mol. The molecule has 3 nitrogen and oxygen atoms in total. The molecule has 0 atom stereocenters. The Labute approximate surface area is 143 Å². The van der Waals surface area contributed by atoms with Crippen molar-refractivity contribution < 1.29 is 4.74 Å². The normalized spacial score (nSPS) is 11.2. The van der Waals surface area contributed by atoms with Crippen molar-refractivity contribution in [3.05, 3.63) is 41.4 Å². The van der Waals surface area contributed by atoms with Crippen LogP contribution in [0.3, 0.4) is 0 Å².